The average Bonchev–Trinajstić information content (AvgIpc) is 2.93. The van der Waals surface area contributed by atoms with Gasteiger partial charge in [-0.2, -0.15) is 0 Å². The predicted molar refractivity (Wildman–Crippen MR) is 85.1 cm³/mol. The van der Waals surface area contributed by atoms with Crippen molar-refractivity contribution < 1.29 is 8.42 Å². The number of aryl methyl sites for hydroxylation is 1. The lowest BCUT2D eigenvalue weighted by Crippen LogP contribution is -2.38. The van der Waals surface area contributed by atoms with Crippen molar-refractivity contribution in [2.75, 3.05) is 13.1 Å². The molecule has 0 fully saturated rings. The molecule has 3 rings (SSSR count). The first-order valence-corrected chi connectivity index (χ1v) is 9.23. The lowest BCUT2D eigenvalue weighted by atomic mass is 9.95. The highest BCUT2D eigenvalue weighted by molar-refractivity contribution is 7.91. The molecule has 0 saturated carbocycles. The minimum absolute atomic E-state index is 0.0331. The zero-order valence-corrected chi connectivity index (χ0v) is 13.4. The van der Waals surface area contributed by atoms with E-state index >= 15 is 0 Å². The number of rotatable bonds is 4. The molecule has 1 unspecified atom stereocenters. The Bertz CT molecular complexity index is 738. The molecule has 1 atom stereocenters. The summed E-state index contributed by atoms with van der Waals surface area (Å²) >= 11 is 1.30. The van der Waals surface area contributed by atoms with Crippen LogP contribution >= 0.6 is 11.3 Å². The minimum Gasteiger partial charge on any atom is -0.308 e. The van der Waals surface area contributed by atoms with E-state index in [0.29, 0.717) is 10.8 Å². The Balaban J connectivity index is 1.74. The lowest BCUT2D eigenvalue weighted by Gasteiger charge is -2.27. The van der Waals surface area contributed by atoms with Gasteiger partial charge >= 0.3 is 0 Å². The molecular formula is C15H18N2O2S2. The normalized spacial score (nSPS) is 18.4. The van der Waals surface area contributed by atoms with Crippen molar-refractivity contribution in [1.29, 1.82) is 0 Å². The van der Waals surface area contributed by atoms with Crippen LogP contribution in [-0.2, 0) is 16.4 Å². The first-order chi connectivity index (χ1) is 10.1. The van der Waals surface area contributed by atoms with Gasteiger partial charge in [-0.05, 0) is 43.1 Å². The second kappa shape index (κ2) is 5.88. The Morgan fingerprint density at radius 2 is 2.10 bits per heavy atom. The standard InChI is InChI=1S/C15H18N2O2S2/c1-11-6-7-15(20-11)21(18,19)17-10-14-13-5-3-2-4-12(13)8-9-16-14/h2-7,14,16-17H,8-10H2,1H3. The van der Waals surface area contributed by atoms with Crippen LogP contribution in [0.15, 0.2) is 40.6 Å². The Morgan fingerprint density at radius 3 is 2.86 bits per heavy atom. The summed E-state index contributed by atoms with van der Waals surface area (Å²) in [6, 6.07) is 11.7. The molecule has 0 radical (unpaired) electrons. The molecule has 1 aromatic heterocycles. The van der Waals surface area contributed by atoms with E-state index in [1.54, 1.807) is 6.07 Å². The highest BCUT2D eigenvalue weighted by atomic mass is 32.2. The number of thiophene rings is 1. The fourth-order valence-electron chi connectivity index (χ4n) is 2.60. The number of hydrogen-bond donors (Lipinski definition) is 2. The molecule has 0 saturated heterocycles. The first-order valence-electron chi connectivity index (χ1n) is 6.93. The molecule has 21 heavy (non-hydrogen) atoms. The molecule has 0 bridgehead atoms. The monoisotopic (exact) mass is 322 g/mol. The zero-order valence-electron chi connectivity index (χ0n) is 11.8. The third-order valence-corrected chi connectivity index (χ3v) is 6.59. The summed E-state index contributed by atoms with van der Waals surface area (Å²) in [7, 11) is -3.41. The molecule has 4 nitrogen and oxygen atoms in total. The fraction of sp³-hybridized carbons (Fsp3) is 0.333. The summed E-state index contributed by atoms with van der Waals surface area (Å²) in [4.78, 5) is 0.997. The van der Waals surface area contributed by atoms with Crippen molar-refractivity contribution in [3.05, 3.63) is 52.4 Å². The largest absolute Gasteiger partial charge is 0.308 e. The fourth-order valence-corrected chi connectivity index (χ4v) is 4.97. The summed E-state index contributed by atoms with van der Waals surface area (Å²) in [5.74, 6) is 0. The molecule has 2 heterocycles. The molecule has 0 aliphatic carbocycles. The molecule has 1 aliphatic heterocycles. The van der Waals surface area contributed by atoms with Crippen LogP contribution < -0.4 is 10.0 Å². The number of sulfonamides is 1. The molecule has 2 N–H and O–H groups in total. The highest BCUT2D eigenvalue weighted by Crippen LogP contribution is 2.24. The van der Waals surface area contributed by atoms with E-state index in [9.17, 15) is 8.42 Å². The van der Waals surface area contributed by atoms with Gasteiger partial charge in [-0.25, -0.2) is 13.1 Å². The molecule has 1 aliphatic rings. The lowest BCUT2D eigenvalue weighted by molar-refractivity contribution is 0.492. The van der Waals surface area contributed by atoms with E-state index in [1.807, 2.05) is 25.1 Å². The van der Waals surface area contributed by atoms with Crippen LogP contribution in [0.1, 0.15) is 22.0 Å². The Morgan fingerprint density at radius 1 is 1.29 bits per heavy atom. The van der Waals surface area contributed by atoms with Gasteiger partial charge in [0.25, 0.3) is 0 Å². The van der Waals surface area contributed by atoms with Crippen molar-refractivity contribution in [3.8, 4) is 0 Å². The number of nitrogens with one attached hydrogen (secondary N) is 2. The van der Waals surface area contributed by atoms with Gasteiger partial charge in [0, 0.05) is 17.5 Å². The van der Waals surface area contributed by atoms with Gasteiger partial charge in [-0.3, -0.25) is 0 Å². The van der Waals surface area contributed by atoms with E-state index in [2.05, 4.69) is 22.2 Å². The highest BCUT2D eigenvalue weighted by Gasteiger charge is 2.22. The number of fused-ring (bicyclic) bond motifs is 1. The number of hydrogen-bond acceptors (Lipinski definition) is 4. The van der Waals surface area contributed by atoms with E-state index in [1.165, 1.54) is 22.5 Å². The third-order valence-electron chi connectivity index (χ3n) is 3.67. The predicted octanol–water partition coefficient (Wildman–Crippen LogP) is 2.22. The van der Waals surface area contributed by atoms with Gasteiger partial charge in [-0.1, -0.05) is 24.3 Å². The van der Waals surface area contributed by atoms with Crippen molar-refractivity contribution >= 4 is 21.4 Å². The van der Waals surface area contributed by atoms with E-state index in [-0.39, 0.29) is 6.04 Å². The quantitative estimate of drug-likeness (QED) is 0.907. The van der Waals surface area contributed by atoms with Crippen LogP contribution in [0.25, 0.3) is 0 Å². The van der Waals surface area contributed by atoms with E-state index < -0.39 is 10.0 Å². The van der Waals surface area contributed by atoms with Crippen molar-refractivity contribution in [2.45, 2.75) is 23.6 Å². The van der Waals surface area contributed by atoms with Crippen LogP contribution in [0.5, 0.6) is 0 Å². The summed E-state index contributed by atoms with van der Waals surface area (Å²) < 4.78 is 27.6. The summed E-state index contributed by atoms with van der Waals surface area (Å²) in [6.07, 6.45) is 0.990. The summed E-state index contributed by atoms with van der Waals surface area (Å²) in [5.41, 5.74) is 2.49. The van der Waals surface area contributed by atoms with Crippen LogP contribution in [-0.4, -0.2) is 21.5 Å². The Labute approximate surface area is 129 Å². The van der Waals surface area contributed by atoms with E-state index in [0.717, 1.165) is 17.8 Å². The van der Waals surface area contributed by atoms with Crippen LogP contribution in [0.4, 0.5) is 0 Å². The Kier molecular flexibility index (Phi) is 4.12. The third kappa shape index (κ3) is 3.18. The molecule has 2 aromatic rings. The van der Waals surface area contributed by atoms with Crippen LogP contribution in [0, 0.1) is 6.92 Å². The second-order valence-corrected chi connectivity index (χ2v) is 8.45. The van der Waals surface area contributed by atoms with Gasteiger partial charge in [0.15, 0.2) is 0 Å². The average molecular weight is 322 g/mol. The summed E-state index contributed by atoms with van der Waals surface area (Å²) in [5, 5.41) is 3.38. The molecule has 112 valence electrons. The summed E-state index contributed by atoms with van der Waals surface area (Å²) in [6.45, 7) is 3.15. The molecule has 0 amide bonds. The molecule has 1 aromatic carbocycles. The van der Waals surface area contributed by atoms with Gasteiger partial charge < -0.3 is 5.32 Å². The second-order valence-electron chi connectivity index (χ2n) is 5.17. The molecule has 6 heteroatoms. The van der Waals surface area contributed by atoms with Crippen molar-refractivity contribution in [1.82, 2.24) is 10.0 Å². The molecular weight excluding hydrogens is 304 g/mol. The van der Waals surface area contributed by atoms with Crippen LogP contribution in [0.3, 0.4) is 0 Å². The van der Waals surface area contributed by atoms with Crippen LogP contribution in [0.2, 0.25) is 0 Å². The van der Waals surface area contributed by atoms with Gasteiger partial charge in [0.1, 0.15) is 4.21 Å². The van der Waals surface area contributed by atoms with Gasteiger partial charge in [0.2, 0.25) is 10.0 Å². The van der Waals surface area contributed by atoms with Gasteiger partial charge in [0.05, 0.1) is 0 Å². The first kappa shape index (κ1) is 14.7. The van der Waals surface area contributed by atoms with Crippen molar-refractivity contribution in [3.63, 3.8) is 0 Å². The SMILES string of the molecule is Cc1ccc(S(=O)(=O)NCC2NCCc3ccccc32)s1. The number of benzene rings is 1. The van der Waals surface area contributed by atoms with Gasteiger partial charge in [-0.15, -0.1) is 11.3 Å². The minimum atomic E-state index is -3.41. The Hall–Kier alpha value is -1.21. The maximum Gasteiger partial charge on any atom is 0.250 e. The molecule has 0 spiro atoms. The van der Waals surface area contributed by atoms with E-state index in [4.69, 9.17) is 0 Å². The topological polar surface area (TPSA) is 58.2 Å². The maximum atomic E-state index is 12.3. The van der Waals surface area contributed by atoms with Crippen molar-refractivity contribution in [2.24, 2.45) is 0 Å². The zero-order chi connectivity index (χ0) is 14.9. The smallest absolute Gasteiger partial charge is 0.250 e. The maximum absolute atomic E-state index is 12.3.